The fraction of sp³-hybridized carbons (Fsp3) is 0.333. The van der Waals surface area contributed by atoms with Gasteiger partial charge in [-0.1, -0.05) is 6.07 Å². The van der Waals surface area contributed by atoms with Crippen LogP contribution in [0.25, 0.3) is 0 Å². The Hall–Kier alpha value is -2.96. The van der Waals surface area contributed by atoms with Crippen LogP contribution in [-0.2, 0) is 12.8 Å². The molecule has 2 heterocycles. The van der Waals surface area contributed by atoms with E-state index in [4.69, 9.17) is 4.74 Å². The maximum Gasteiger partial charge on any atom is 0.319 e. The summed E-state index contributed by atoms with van der Waals surface area (Å²) in [5, 5.41) is 18.5. The number of pyridine rings is 1. The number of carbonyl (C=O) groups is 1. The highest BCUT2D eigenvalue weighted by Gasteiger charge is 2.11. The number of phenols is 1. The number of phenolic OH excluding ortho intramolecular Hbond substituents is 1. The molecule has 2 amide bonds. The number of nitrogens with zero attached hydrogens (tertiary/aromatic N) is 1. The first-order chi connectivity index (χ1) is 12.2. The van der Waals surface area contributed by atoms with Crippen molar-refractivity contribution in [2.24, 2.45) is 0 Å². The summed E-state index contributed by atoms with van der Waals surface area (Å²) >= 11 is 0. The maximum atomic E-state index is 12.0. The van der Waals surface area contributed by atoms with E-state index in [0.29, 0.717) is 24.4 Å². The number of ether oxygens (including phenoxy) is 1. The quantitative estimate of drug-likeness (QED) is 0.626. The number of benzene rings is 1. The lowest BCUT2D eigenvalue weighted by molar-refractivity contribution is 0.252. The van der Waals surface area contributed by atoms with E-state index in [-0.39, 0.29) is 11.8 Å². The second-order valence-corrected chi connectivity index (χ2v) is 5.85. The monoisotopic (exact) mass is 342 g/mol. The number of amides is 2. The molecule has 7 heteroatoms. The Labute approximate surface area is 146 Å². The molecule has 1 aliphatic rings. The first kappa shape index (κ1) is 16.9. The van der Waals surface area contributed by atoms with Crippen LogP contribution in [0.3, 0.4) is 0 Å². The van der Waals surface area contributed by atoms with Crippen molar-refractivity contribution >= 4 is 17.5 Å². The summed E-state index contributed by atoms with van der Waals surface area (Å²) in [7, 11) is 1.52. The van der Waals surface area contributed by atoms with Gasteiger partial charge >= 0.3 is 6.03 Å². The Balaban J connectivity index is 1.51. The molecule has 1 aromatic heterocycles. The SMILES string of the molecule is COc1ccc(O)c(NC(=O)NCCc2ccc3c(n2)NCCC3)c1. The lowest BCUT2D eigenvalue weighted by atomic mass is 10.1. The molecular weight excluding hydrogens is 320 g/mol. The number of aryl methyl sites for hydroxylation is 1. The third-order valence-corrected chi connectivity index (χ3v) is 4.07. The Morgan fingerprint density at radius 3 is 3.08 bits per heavy atom. The van der Waals surface area contributed by atoms with Crippen LogP contribution in [0.1, 0.15) is 17.7 Å². The van der Waals surface area contributed by atoms with Crippen LogP contribution in [0, 0.1) is 0 Å². The fourth-order valence-electron chi connectivity index (χ4n) is 2.72. The summed E-state index contributed by atoms with van der Waals surface area (Å²) in [6.07, 6.45) is 2.82. The van der Waals surface area contributed by atoms with Gasteiger partial charge in [0.25, 0.3) is 0 Å². The molecule has 0 saturated carbocycles. The van der Waals surface area contributed by atoms with E-state index in [9.17, 15) is 9.90 Å². The van der Waals surface area contributed by atoms with Crippen molar-refractivity contribution in [3.8, 4) is 11.5 Å². The van der Waals surface area contributed by atoms with Crippen LogP contribution in [-0.4, -0.2) is 36.3 Å². The summed E-state index contributed by atoms with van der Waals surface area (Å²) < 4.78 is 5.08. The van der Waals surface area contributed by atoms with Crippen LogP contribution in [0.2, 0.25) is 0 Å². The van der Waals surface area contributed by atoms with Crippen molar-refractivity contribution < 1.29 is 14.6 Å². The van der Waals surface area contributed by atoms with Crippen molar-refractivity contribution in [3.05, 3.63) is 41.6 Å². The van der Waals surface area contributed by atoms with E-state index < -0.39 is 0 Å². The molecule has 0 spiro atoms. The van der Waals surface area contributed by atoms with E-state index in [1.807, 2.05) is 6.07 Å². The van der Waals surface area contributed by atoms with Gasteiger partial charge in [-0.2, -0.15) is 0 Å². The Kier molecular flexibility index (Phi) is 5.23. The zero-order valence-electron chi connectivity index (χ0n) is 14.1. The van der Waals surface area contributed by atoms with Gasteiger partial charge in [0.2, 0.25) is 0 Å². The number of urea groups is 1. The minimum Gasteiger partial charge on any atom is -0.506 e. The summed E-state index contributed by atoms with van der Waals surface area (Å²) in [6.45, 7) is 1.40. The number of carbonyl (C=O) groups excluding carboxylic acids is 1. The van der Waals surface area contributed by atoms with Gasteiger partial charge in [0.15, 0.2) is 0 Å². The third kappa shape index (κ3) is 4.32. The standard InChI is InChI=1S/C18H22N4O3/c1-25-14-6-7-16(23)15(11-14)22-18(24)20-10-8-13-5-4-12-3-2-9-19-17(12)21-13/h4-7,11,23H,2-3,8-10H2,1H3,(H,19,21)(H2,20,22,24). The van der Waals surface area contributed by atoms with Gasteiger partial charge in [-0.25, -0.2) is 9.78 Å². The molecule has 3 rings (SSSR count). The zero-order chi connectivity index (χ0) is 17.6. The molecule has 1 aliphatic heterocycles. The lowest BCUT2D eigenvalue weighted by Gasteiger charge is -2.17. The van der Waals surface area contributed by atoms with Crippen molar-refractivity contribution in [2.45, 2.75) is 19.3 Å². The average molecular weight is 342 g/mol. The Bertz CT molecular complexity index is 764. The number of nitrogens with one attached hydrogen (secondary N) is 3. The molecule has 1 aromatic carbocycles. The molecule has 0 saturated heterocycles. The number of hydrogen-bond donors (Lipinski definition) is 4. The van der Waals surface area contributed by atoms with Crippen LogP contribution >= 0.6 is 0 Å². The fourth-order valence-corrected chi connectivity index (χ4v) is 2.72. The molecule has 0 bridgehead atoms. The smallest absolute Gasteiger partial charge is 0.319 e. The number of anilines is 2. The minimum atomic E-state index is -0.389. The normalized spacial score (nSPS) is 12.7. The Morgan fingerprint density at radius 2 is 2.24 bits per heavy atom. The molecule has 132 valence electrons. The summed E-state index contributed by atoms with van der Waals surface area (Å²) in [4.78, 5) is 16.6. The highest BCUT2D eigenvalue weighted by molar-refractivity contribution is 5.91. The Morgan fingerprint density at radius 1 is 1.36 bits per heavy atom. The minimum absolute atomic E-state index is 0.0154. The van der Waals surface area contributed by atoms with Crippen molar-refractivity contribution in [1.29, 1.82) is 0 Å². The molecule has 4 N–H and O–H groups in total. The van der Waals surface area contributed by atoms with Crippen LogP contribution in [0.5, 0.6) is 11.5 Å². The van der Waals surface area contributed by atoms with Gasteiger partial charge in [0.1, 0.15) is 17.3 Å². The number of aromatic hydroxyl groups is 1. The molecule has 2 aromatic rings. The zero-order valence-corrected chi connectivity index (χ0v) is 14.1. The van der Waals surface area contributed by atoms with Crippen LogP contribution in [0.15, 0.2) is 30.3 Å². The predicted molar refractivity (Wildman–Crippen MR) is 96.4 cm³/mol. The van der Waals surface area contributed by atoms with Gasteiger partial charge < -0.3 is 25.8 Å². The molecular formula is C18H22N4O3. The second-order valence-electron chi connectivity index (χ2n) is 5.85. The van der Waals surface area contributed by atoms with E-state index in [2.05, 4.69) is 27.0 Å². The topological polar surface area (TPSA) is 95.5 Å². The molecule has 0 aliphatic carbocycles. The van der Waals surface area contributed by atoms with E-state index in [1.54, 1.807) is 12.1 Å². The van der Waals surface area contributed by atoms with Gasteiger partial charge in [0.05, 0.1) is 12.8 Å². The molecule has 0 fully saturated rings. The lowest BCUT2D eigenvalue weighted by Crippen LogP contribution is -2.30. The van der Waals surface area contributed by atoms with Crippen molar-refractivity contribution in [2.75, 3.05) is 30.8 Å². The second kappa shape index (κ2) is 7.74. The number of rotatable bonds is 5. The average Bonchev–Trinajstić information content (AvgIpc) is 2.63. The number of hydrogen-bond acceptors (Lipinski definition) is 5. The van der Waals surface area contributed by atoms with Crippen molar-refractivity contribution in [3.63, 3.8) is 0 Å². The first-order valence-corrected chi connectivity index (χ1v) is 8.30. The largest absolute Gasteiger partial charge is 0.506 e. The van der Waals surface area contributed by atoms with Crippen LogP contribution < -0.4 is 20.7 Å². The van der Waals surface area contributed by atoms with E-state index in [1.165, 1.54) is 18.7 Å². The molecule has 7 nitrogen and oxygen atoms in total. The van der Waals surface area contributed by atoms with Crippen LogP contribution in [0.4, 0.5) is 16.3 Å². The highest BCUT2D eigenvalue weighted by atomic mass is 16.5. The van der Waals surface area contributed by atoms with Gasteiger partial charge in [-0.05, 0) is 36.6 Å². The maximum absolute atomic E-state index is 12.0. The highest BCUT2D eigenvalue weighted by Crippen LogP contribution is 2.27. The van der Waals surface area contributed by atoms with Gasteiger partial charge in [-0.15, -0.1) is 0 Å². The number of methoxy groups -OCH3 is 1. The summed E-state index contributed by atoms with van der Waals surface area (Å²) in [5.74, 6) is 1.49. The molecule has 0 unspecified atom stereocenters. The first-order valence-electron chi connectivity index (χ1n) is 8.30. The van der Waals surface area contributed by atoms with E-state index in [0.717, 1.165) is 30.9 Å². The summed E-state index contributed by atoms with van der Waals surface area (Å²) in [5.41, 5.74) is 2.47. The molecule has 0 atom stereocenters. The molecule has 0 radical (unpaired) electrons. The van der Waals surface area contributed by atoms with Gasteiger partial charge in [0, 0.05) is 31.3 Å². The number of fused-ring (bicyclic) bond motifs is 1. The van der Waals surface area contributed by atoms with E-state index >= 15 is 0 Å². The number of aromatic nitrogens is 1. The predicted octanol–water partition coefficient (Wildman–Crippen LogP) is 2.52. The van der Waals surface area contributed by atoms with Crippen molar-refractivity contribution in [1.82, 2.24) is 10.3 Å². The molecule has 25 heavy (non-hydrogen) atoms. The summed E-state index contributed by atoms with van der Waals surface area (Å²) in [6, 6.07) is 8.36. The third-order valence-electron chi connectivity index (χ3n) is 4.07. The van der Waals surface area contributed by atoms with Gasteiger partial charge in [-0.3, -0.25) is 0 Å².